The van der Waals surface area contributed by atoms with Gasteiger partial charge in [-0.25, -0.2) is 0 Å². The van der Waals surface area contributed by atoms with Gasteiger partial charge in [-0.05, 0) is 30.5 Å². The zero-order valence-corrected chi connectivity index (χ0v) is 13.4. The van der Waals surface area contributed by atoms with E-state index in [1.165, 1.54) is 11.4 Å². The Morgan fingerprint density at radius 1 is 0.789 bits per heavy atom. The molecule has 0 fully saturated rings. The van der Waals surface area contributed by atoms with E-state index in [2.05, 4.69) is 59.1 Å². The van der Waals surface area contributed by atoms with Gasteiger partial charge < -0.3 is 16.0 Å². The molecule has 0 unspecified atom stereocenters. The molecular formula is C15H26N3Si. The number of hydrogen-bond acceptors (Lipinski definition) is 3. The molecule has 0 spiro atoms. The lowest BCUT2D eigenvalue weighted by molar-refractivity contribution is 0.960. The zero-order valence-electron chi connectivity index (χ0n) is 12.4. The monoisotopic (exact) mass is 276 g/mol. The zero-order chi connectivity index (χ0) is 14.1. The van der Waals surface area contributed by atoms with Crippen LogP contribution in [0, 0.1) is 0 Å². The largest absolute Gasteiger partial charge is 0.383 e. The smallest absolute Gasteiger partial charge is 0.0810 e. The lowest BCUT2D eigenvalue weighted by atomic mass is 10.2. The Labute approximate surface area is 121 Å². The van der Waals surface area contributed by atoms with Crippen molar-refractivity contribution in [2.24, 2.45) is 0 Å². The lowest BCUT2D eigenvalue weighted by Crippen LogP contribution is -2.18. The molecule has 1 aromatic rings. The van der Waals surface area contributed by atoms with Gasteiger partial charge in [0.05, 0.1) is 27.3 Å². The Hall–Kier alpha value is -1.16. The highest BCUT2D eigenvalue weighted by atomic mass is 28.1. The van der Waals surface area contributed by atoms with Crippen molar-refractivity contribution in [3.63, 3.8) is 0 Å². The highest BCUT2D eigenvalue weighted by molar-refractivity contribution is 6.37. The van der Waals surface area contributed by atoms with Crippen molar-refractivity contribution in [3.05, 3.63) is 12.1 Å². The van der Waals surface area contributed by atoms with E-state index in [1.807, 2.05) is 0 Å². The molecule has 0 bridgehead atoms. The van der Waals surface area contributed by atoms with E-state index in [1.54, 1.807) is 0 Å². The maximum Gasteiger partial charge on any atom is 0.0810 e. The number of rotatable bonds is 9. The molecule has 0 aliphatic heterocycles. The Bertz CT molecular complexity index is 380. The molecule has 0 aromatic heterocycles. The fourth-order valence-electron chi connectivity index (χ4n) is 1.88. The van der Waals surface area contributed by atoms with E-state index in [0.29, 0.717) is 0 Å². The summed E-state index contributed by atoms with van der Waals surface area (Å²) >= 11 is 0. The van der Waals surface area contributed by atoms with Crippen molar-refractivity contribution in [1.29, 1.82) is 0 Å². The highest BCUT2D eigenvalue weighted by Gasteiger charge is 2.10. The van der Waals surface area contributed by atoms with Crippen LogP contribution >= 0.6 is 0 Å². The average Bonchev–Trinajstić information content (AvgIpc) is 2.42. The van der Waals surface area contributed by atoms with Crippen molar-refractivity contribution in [2.75, 3.05) is 35.6 Å². The molecule has 3 nitrogen and oxygen atoms in total. The van der Waals surface area contributed by atoms with E-state index < -0.39 is 0 Å². The summed E-state index contributed by atoms with van der Waals surface area (Å²) in [6.45, 7) is 9.50. The van der Waals surface area contributed by atoms with Crippen LogP contribution in [0.2, 0.25) is 0 Å². The normalized spacial score (nSPS) is 10.3. The van der Waals surface area contributed by atoms with Gasteiger partial charge in [-0.2, -0.15) is 0 Å². The molecule has 0 heterocycles. The molecular weight excluding hydrogens is 250 g/mol. The Morgan fingerprint density at radius 3 is 1.89 bits per heavy atom. The molecule has 19 heavy (non-hydrogen) atoms. The average molecular weight is 276 g/mol. The molecule has 0 aliphatic rings. The van der Waals surface area contributed by atoms with Gasteiger partial charge in [0.15, 0.2) is 0 Å². The first-order chi connectivity index (χ1) is 9.24. The van der Waals surface area contributed by atoms with Crippen molar-refractivity contribution in [1.82, 2.24) is 0 Å². The van der Waals surface area contributed by atoms with Gasteiger partial charge in [0, 0.05) is 19.6 Å². The fourth-order valence-corrected chi connectivity index (χ4v) is 2.17. The predicted molar refractivity (Wildman–Crippen MR) is 88.2 cm³/mol. The first-order valence-electron chi connectivity index (χ1n) is 7.34. The van der Waals surface area contributed by atoms with Crippen molar-refractivity contribution in [2.45, 2.75) is 40.0 Å². The molecule has 3 N–H and O–H groups in total. The summed E-state index contributed by atoms with van der Waals surface area (Å²) in [6.07, 6.45) is 3.36. The highest BCUT2D eigenvalue weighted by Crippen LogP contribution is 2.29. The standard InChI is InChI=1S/C15H26N3Si/c1-4-9-16-12-7-8-13(19)15(18-11-6-3)14(12)17-10-5-2/h7-8,16-18H,4-6,9-11H2,1-3H3. The van der Waals surface area contributed by atoms with Crippen molar-refractivity contribution >= 4 is 32.5 Å². The third-order valence-electron chi connectivity index (χ3n) is 2.87. The topological polar surface area (TPSA) is 36.1 Å². The van der Waals surface area contributed by atoms with Gasteiger partial charge in [-0.15, -0.1) is 0 Å². The number of anilines is 3. The molecule has 4 heteroatoms. The quantitative estimate of drug-likeness (QED) is 0.607. The van der Waals surface area contributed by atoms with Gasteiger partial charge in [-0.3, -0.25) is 0 Å². The van der Waals surface area contributed by atoms with E-state index >= 15 is 0 Å². The summed E-state index contributed by atoms with van der Waals surface area (Å²) in [6, 6.07) is 4.23. The molecule has 0 saturated carbocycles. The fraction of sp³-hybridized carbons (Fsp3) is 0.600. The van der Waals surface area contributed by atoms with Gasteiger partial charge in [-0.1, -0.05) is 26.8 Å². The summed E-state index contributed by atoms with van der Waals surface area (Å²) in [5.74, 6) is 0. The minimum Gasteiger partial charge on any atom is -0.383 e. The Balaban J connectivity index is 3.00. The van der Waals surface area contributed by atoms with Crippen LogP contribution in [0.3, 0.4) is 0 Å². The Morgan fingerprint density at radius 2 is 1.32 bits per heavy atom. The molecule has 3 radical (unpaired) electrons. The number of benzene rings is 1. The van der Waals surface area contributed by atoms with Crippen LogP contribution in [0.4, 0.5) is 17.1 Å². The third-order valence-corrected chi connectivity index (χ3v) is 3.29. The van der Waals surface area contributed by atoms with Gasteiger partial charge in [0.1, 0.15) is 0 Å². The van der Waals surface area contributed by atoms with Crippen LogP contribution in [0.25, 0.3) is 0 Å². The van der Waals surface area contributed by atoms with Crippen LogP contribution in [-0.2, 0) is 0 Å². The molecule has 0 aliphatic carbocycles. The molecule has 105 valence electrons. The second kappa shape index (κ2) is 8.86. The maximum atomic E-state index is 3.70. The molecule has 1 rings (SSSR count). The van der Waals surface area contributed by atoms with Crippen LogP contribution < -0.4 is 21.1 Å². The van der Waals surface area contributed by atoms with Gasteiger partial charge in [0.25, 0.3) is 0 Å². The third kappa shape index (κ3) is 4.78. The van der Waals surface area contributed by atoms with Crippen LogP contribution in [0.5, 0.6) is 0 Å². The van der Waals surface area contributed by atoms with E-state index in [9.17, 15) is 0 Å². The summed E-state index contributed by atoms with van der Waals surface area (Å²) in [7, 11) is 3.70. The minimum absolute atomic E-state index is 0.982. The van der Waals surface area contributed by atoms with Gasteiger partial charge in [0.2, 0.25) is 0 Å². The summed E-state index contributed by atoms with van der Waals surface area (Å²) in [4.78, 5) is 0. The first kappa shape index (κ1) is 15.9. The minimum atomic E-state index is 0.982. The predicted octanol–water partition coefficient (Wildman–Crippen LogP) is 2.95. The summed E-state index contributed by atoms with van der Waals surface area (Å²) in [5.41, 5.74) is 3.51. The molecule has 0 saturated heterocycles. The number of hydrogen-bond donors (Lipinski definition) is 3. The molecule has 1 aromatic carbocycles. The Kier molecular flexibility index (Phi) is 7.41. The van der Waals surface area contributed by atoms with E-state index in [0.717, 1.165) is 49.8 Å². The van der Waals surface area contributed by atoms with Crippen molar-refractivity contribution in [3.8, 4) is 0 Å². The van der Waals surface area contributed by atoms with Crippen LogP contribution in [0.1, 0.15) is 40.0 Å². The molecule has 0 atom stereocenters. The second-order valence-corrected chi connectivity index (χ2v) is 5.23. The first-order valence-corrected chi connectivity index (χ1v) is 7.84. The van der Waals surface area contributed by atoms with Crippen molar-refractivity contribution < 1.29 is 0 Å². The summed E-state index contributed by atoms with van der Waals surface area (Å²) in [5, 5.41) is 11.6. The second-order valence-electron chi connectivity index (χ2n) is 4.69. The lowest BCUT2D eigenvalue weighted by Gasteiger charge is -2.20. The number of nitrogens with one attached hydrogen (secondary N) is 3. The SMILES string of the molecule is CCCNc1ccc([Si])c(NCCC)c1NCCC. The summed E-state index contributed by atoms with van der Waals surface area (Å²) < 4.78 is 0. The maximum absolute atomic E-state index is 3.70. The van der Waals surface area contributed by atoms with Crippen LogP contribution in [-0.4, -0.2) is 29.9 Å². The van der Waals surface area contributed by atoms with Gasteiger partial charge >= 0.3 is 0 Å². The van der Waals surface area contributed by atoms with E-state index in [4.69, 9.17) is 0 Å². The van der Waals surface area contributed by atoms with Crippen LogP contribution in [0.15, 0.2) is 12.1 Å². The van der Waals surface area contributed by atoms with E-state index in [-0.39, 0.29) is 0 Å². The molecule has 0 amide bonds.